The number of carbonyl (C=O) groups excluding carboxylic acids is 2. The van der Waals surface area contributed by atoms with E-state index in [-0.39, 0.29) is 5.78 Å². The number of unbranched alkanes of at least 4 members (excludes halogenated alkanes) is 3. The molecule has 0 unspecified atom stereocenters. The van der Waals surface area contributed by atoms with E-state index in [1.807, 2.05) is 24.3 Å². The molecular weight excluding hydrogens is 308 g/mol. The lowest BCUT2D eigenvalue weighted by molar-refractivity contribution is 0.103. The zero-order valence-corrected chi connectivity index (χ0v) is 14.1. The fraction of sp³-hybridized carbons (Fsp3) is 0.300. The van der Waals surface area contributed by atoms with E-state index in [0.717, 1.165) is 6.42 Å². The summed E-state index contributed by atoms with van der Waals surface area (Å²) < 4.78 is 0. The fourth-order valence-corrected chi connectivity index (χ4v) is 2.62. The van der Waals surface area contributed by atoms with E-state index in [0.29, 0.717) is 16.7 Å². The molecule has 0 saturated heterocycles. The van der Waals surface area contributed by atoms with Gasteiger partial charge in [0.25, 0.3) is 5.24 Å². The van der Waals surface area contributed by atoms with Crippen LogP contribution < -0.4 is 0 Å². The van der Waals surface area contributed by atoms with Crippen LogP contribution in [0.1, 0.15) is 64.4 Å². The van der Waals surface area contributed by atoms with Gasteiger partial charge in [0.15, 0.2) is 5.78 Å². The van der Waals surface area contributed by atoms with Crippen LogP contribution in [0, 0.1) is 0 Å². The number of benzene rings is 2. The van der Waals surface area contributed by atoms with E-state index >= 15 is 0 Å². The molecule has 0 radical (unpaired) electrons. The first kappa shape index (κ1) is 17.4. The topological polar surface area (TPSA) is 34.1 Å². The molecule has 2 rings (SSSR count). The van der Waals surface area contributed by atoms with E-state index in [1.54, 1.807) is 24.3 Å². The van der Waals surface area contributed by atoms with Crippen LogP contribution in [0.15, 0.2) is 48.5 Å². The molecule has 0 atom stereocenters. The van der Waals surface area contributed by atoms with Gasteiger partial charge in [0.05, 0.1) is 0 Å². The first-order valence-corrected chi connectivity index (χ1v) is 8.43. The Hall–Kier alpha value is -1.93. The van der Waals surface area contributed by atoms with E-state index in [2.05, 4.69) is 6.92 Å². The van der Waals surface area contributed by atoms with Gasteiger partial charge in [-0.15, -0.1) is 0 Å². The number of aryl methyl sites for hydroxylation is 1. The summed E-state index contributed by atoms with van der Waals surface area (Å²) in [5, 5.41) is -0.517. The van der Waals surface area contributed by atoms with Crippen LogP contribution in [0.2, 0.25) is 0 Å². The molecule has 0 N–H and O–H groups in total. The summed E-state index contributed by atoms with van der Waals surface area (Å²) in [5.41, 5.74) is 2.88. The summed E-state index contributed by atoms with van der Waals surface area (Å²) in [5.74, 6) is -0.0453. The molecule has 0 heterocycles. The van der Waals surface area contributed by atoms with E-state index in [9.17, 15) is 9.59 Å². The summed E-state index contributed by atoms with van der Waals surface area (Å²) in [6.07, 6.45) is 6.01. The van der Waals surface area contributed by atoms with E-state index in [1.165, 1.54) is 31.2 Å². The maximum Gasteiger partial charge on any atom is 0.252 e. The highest BCUT2D eigenvalue weighted by atomic mass is 35.5. The van der Waals surface area contributed by atoms with Gasteiger partial charge in [0, 0.05) is 16.7 Å². The first-order chi connectivity index (χ1) is 11.1. The van der Waals surface area contributed by atoms with Crippen molar-refractivity contribution in [3.8, 4) is 0 Å². The highest BCUT2D eigenvalue weighted by Gasteiger charge is 2.10. The summed E-state index contributed by atoms with van der Waals surface area (Å²) in [6.45, 7) is 2.20. The molecule has 2 nitrogen and oxygen atoms in total. The highest BCUT2D eigenvalue weighted by Crippen LogP contribution is 2.15. The third-order valence-electron chi connectivity index (χ3n) is 3.91. The standard InChI is InChI=1S/C20H21ClO2/c1-2-3-4-5-6-15-7-9-16(10-8-15)19(22)17-11-13-18(14-12-17)20(21)23/h7-14H,2-6H2,1H3. The molecule has 0 aliphatic carbocycles. The van der Waals surface area contributed by atoms with Gasteiger partial charge in [-0.3, -0.25) is 9.59 Å². The number of ketones is 1. The molecule has 0 aromatic heterocycles. The van der Waals surface area contributed by atoms with Gasteiger partial charge in [-0.2, -0.15) is 0 Å². The van der Waals surface area contributed by atoms with Crippen molar-refractivity contribution in [2.24, 2.45) is 0 Å². The molecule has 0 aliphatic heterocycles. The van der Waals surface area contributed by atoms with Gasteiger partial charge in [0.1, 0.15) is 0 Å². The molecule has 120 valence electrons. The Labute approximate surface area is 142 Å². The Bertz CT molecular complexity index is 657. The second-order valence-electron chi connectivity index (χ2n) is 5.69. The Morgan fingerprint density at radius 2 is 1.30 bits per heavy atom. The van der Waals surface area contributed by atoms with Crippen LogP contribution in [0.25, 0.3) is 0 Å². The molecule has 0 bridgehead atoms. The third kappa shape index (κ3) is 5.04. The normalized spacial score (nSPS) is 10.5. The largest absolute Gasteiger partial charge is 0.289 e. The quantitative estimate of drug-likeness (QED) is 0.368. The number of hydrogen-bond donors (Lipinski definition) is 0. The molecule has 2 aromatic carbocycles. The molecular formula is C20H21ClO2. The number of halogens is 1. The summed E-state index contributed by atoms with van der Waals surface area (Å²) in [6, 6.07) is 14.2. The second-order valence-corrected chi connectivity index (χ2v) is 6.03. The van der Waals surface area contributed by atoms with Crippen LogP contribution >= 0.6 is 11.6 Å². The predicted molar refractivity (Wildman–Crippen MR) is 94.3 cm³/mol. The zero-order valence-electron chi connectivity index (χ0n) is 13.3. The van der Waals surface area contributed by atoms with Crippen molar-refractivity contribution in [1.29, 1.82) is 0 Å². The van der Waals surface area contributed by atoms with E-state index in [4.69, 9.17) is 11.6 Å². The molecule has 0 saturated carbocycles. The lowest BCUT2D eigenvalue weighted by Crippen LogP contribution is -2.02. The predicted octanol–water partition coefficient (Wildman–Crippen LogP) is 5.42. The SMILES string of the molecule is CCCCCCc1ccc(C(=O)c2ccc(C(=O)Cl)cc2)cc1. The van der Waals surface area contributed by atoms with Crippen LogP contribution in [-0.2, 0) is 6.42 Å². The number of hydrogen-bond acceptors (Lipinski definition) is 2. The van der Waals surface area contributed by atoms with Gasteiger partial charge < -0.3 is 0 Å². The Morgan fingerprint density at radius 3 is 1.83 bits per heavy atom. The Balaban J connectivity index is 2.00. The monoisotopic (exact) mass is 328 g/mol. The van der Waals surface area contributed by atoms with Gasteiger partial charge in [-0.05, 0) is 42.1 Å². The van der Waals surface area contributed by atoms with Crippen molar-refractivity contribution in [3.05, 3.63) is 70.8 Å². The van der Waals surface area contributed by atoms with Crippen LogP contribution in [0.4, 0.5) is 0 Å². The maximum atomic E-state index is 12.4. The number of rotatable bonds is 8. The van der Waals surface area contributed by atoms with Crippen molar-refractivity contribution in [3.63, 3.8) is 0 Å². The minimum Gasteiger partial charge on any atom is -0.289 e. The highest BCUT2D eigenvalue weighted by molar-refractivity contribution is 6.67. The summed E-state index contributed by atoms with van der Waals surface area (Å²) in [7, 11) is 0. The van der Waals surface area contributed by atoms with Crippen LogP contribution in [0.5, 0.6) is 0 Å². The lowest BCUT2D eigenvalue weighted by atomic mass is 9.99. The summed E-state index contributed by atoms with van der Waals surface area (Å²) in [4.78, 5) is 23.5. The molecule has 23 heavy (non-hydrogen) atoms. The van der Waals surface area contributed by atoms with Crippen molar-refractivity contribution in [2.45, 2.75) is 39.0 Å². The molecule has 2 aromatic rings. The van der Waals surface area contributed by atoms with Crippen molar-refractivity contribution in [2.75, 3.05) is 0 Å². The second kappa shape index (κ2) is 8.64. The van der Waals surface area contributed by atoms with Gasteiger partial charge in [-0.25, -0.2) is 0 Å². The third-order valence-corrected chi connectivity index (χ3v) is 4.13. The van der Waals surface area contributed by atoms with Gasteiger partial charge >= 0.3 is 0 Å². The smallest absolute Gasteiger partial charge is 0.252 e. The molecule has 0 spiro atoms. The minimum atomic E-state index is -0.517. The van der Waals surface area contributed by atoms with Gasteiger partial charge in [0.2, 0.25) is 0 Å². The van der Waals surface area contributed by atoms with Crippen LogP contribution in [-0.4, -0.2) is 11.0 Å². The van der Waals surface area contributed by atoms with Crippen molar-refractivity contribution < 1.29 is 9.59 Å². The molecule has 0 aliphatic rings. The van der Waals surface area contributed by atoms with Gasteiger partial charge in [-0.1, -0.05) is 62.6 Å². The molecule has 3 heteroatoms. The van der Waals surface area contributed by atoms with Crippen molar-refractivity contribution in [1.82, 2.24) is 0 Å². The Kier molecular flexibility index (Phi) is 6.54. The molecule has 0 fully saturated rings. The number of carbonyl (C=O) groups is 2. The van der Waals surface area contributed by atoms with Crippen molar-refractivity contribution >= 4 is 22.6 Å². The van der Waals surface area contributed by atoms with E-state index < -0.39 is 5.24 Å². The maximum absolute atomic E-state index is 12.4. The average Bonchev–Trinajstić information content (AvgIpc) is 2.59. The fourth-order valence-electron chi connectivity index (χ4n) is 2.50. The minimum absolute atomic E-state index is 0.0453. The lowest BCUT2D eigenvalue weighted by Gasteiger charge is -2.05. The zero-order chi connectivity index (χ0) is 16.7. The first-order valence-electron chi connectivity index (χ1n) is 8.05. The van der Waals surface area contributed by atoms with Crippen LogP contribution in [0.3, 0.4) is 0 Å². The summed E-state index contributed by atoms with van der Waals surface area (Å²) >= 11 is 5.41. The molecule has 0 amide bonds. The average molecular weight is 329 g/mol. The Morgan fingerprint density at radius 1 is 0.783 bits per heavy atom.